The third-order valence-electron chi connectivity index (χ3n) is 1.76. The molecule has 1 aromatic rings. The van der Waals surface area contributed by atoms with E-state index >= 15 is 0 Å². The van der Waals surface area contributed by atoms with Crippen LogP contribution in [0.15, 0.2) is 6.07 Å². The minimum atomic E-state index is -0.503. The summed E-state index contributed by atoms with van der Waals surface area (Å²) in [5.41, 5.74) is 0.727. The van der Waals surface area contributed by atoms with Crippen LogP contribution in [0, 0.1) is 5.82 Å². The summed E-state index contributed by atoms with van der Waals surface area (Å²) in [6, 6.07) is 1.35. The summed E-state index contributed by atoms with van der Waals surface area (Å²) < 4.78 is 12.9. The van der Waals surface area contributed by atoms with Crippen molar-refractivity contribution in [1.82, 2.24) is 4.98 Å². The predicted molar refractivity (Wildman–Crippen MR) is 52.8 cm³/mol. The normalized spacial score (nSPS) is 10.5. The van der Waals surface area contributed by atoms with Crippen molar-refractivity contribution in [2.24, 2.45) is 0 Å². The standard InChI is InChI=1S/C9H10Cl2FN/c1-2-3-4-6-5-7(12)9(11)13-8(6)10/h5H,2-4H2,1H3. The van der Waals surface area contributed by atoms with Crippen LogP contribution in [0.4, 0.5) is 4.39 Å². The van der Waals surface area contributed by atoms with Crippen LogP contribution in [0.2, 0.25) is 10.3 Å². The van der Waals surface area contributed by atoms with Gasteiger partial charge in [0.2, 0.25) is 0 Å². The molecule has 1 heterocycles. The van der Waals surface area contributed by atoms with Gasteiger partial charge >= 0.3 is 0 Å². The molecular weight excluding hydrogens is 212 g/mol. The van der Waals surface area contributed by atoms with Crippen molar-refractivity contribution >= 4 is 23.2 Å². The number of rotatable bonds is 3. The Kier molecular flexibility index (Phi) is 3.94. The number of aryl methyl sites for hydroxylation is 1. The summed E-state index contributed by atoms with van der Waals surface area (Å²) >= 11 is 11.2. The van der Waals surface area contributed by atoms with Crippen molar-refractivity contribution in [2.75, 3.05) is 0 Å². The average Bonchev–Trinajstić information content (AvgIpc) is 2.09. The number of hydrogen-bond donors (Lipinski definition) is 0. The number of unbranched alkanes of at least 4 members (excludes halogenated alkanes) is 1. The van der Waals surface area contributed by atoms with E-state index in [4.69, 9.17) is 23.2 Å². The molecule has 0 aliphatic rings. The fourth-order valence-corrected chi connectivity index (χ4v) is 1.44. The fourth-order valence-electron chi connectivity index (χ4n) is 1.03. The van der Waals surface area contributed by atoms with E-state index in [9.17, 15) is 4.39 Å². The van der Waals surface area contributed by atoms with Gasteiger partial charge in [0.15, 0.2) is 11.0 Å². The lowest BCUT2D eigenvalue weighted by Crippen LogP contribution is -1.92. The van der Waals surface area contributed by atoms with E-state index in [2.05, 4.69) is 11.9 Å². The van der Waals surface area contributed by atoms with E-state index in [1.54, 1.807) is 0 Å². The molecule has 0 atom stereocenters. The molecular formula is C9H10Cl2FN. The molecule has 72 valence electrons. The summed E-state index contributed by atoms with van der Waals surface area (Å²) in [4.78, 5) is 3.68. The van der Waals surface area contributed by atoms with Gasteiger partial charge in [0.1, 0.15) is 5.15 Å². The van der Waals surface area contributed by atoms with E-state index in [0.29, 0.717) is 5.15 Å². The SMILES string of the molecule is CCCCc1cc(F)c(Cl)nc1Cl. The Hall–Kier alpha value is -0.340. The molecule has 1 rings (SSSR count). The Bertz CT molecular complexity index is 302. The number of pyridine rings is 1. The summed E-state index contributed by atoms with van der Waals surface area (Å²) in [7, 11) is 0. The molecule has 4 heteroatoms. The Balaban J connectivity index is 2.88. The molecule has 1 nitrogen and oxygen atoms in total. The van der Waals surface area contributed by atoms with Crippen LogP contribution in [0.3, 0.4) is 0 Å². The molecule has 0 aromatic carbocycles. The third kappa shape index (κ3) is 2.82. The molecule has 1 aromatic heterocycles. The van der Waals surface area contributed by atoms with Crippen LogP contribution in [-0.2, 0) is 6.42 Å². The highest BCUT2D eigenvalue weighted by Crippen LogP contribution is 2.21. The Morgan fingerprint density at radius 2 is 2.08 bits per heavy atom. The van der Waals surface area contributed by atoms with E-state index < -0.39 is 5.82 Å². The van der Waals surface area contributed by atoms with Crippen LogP contribution < -0.4 is 0 Å². The first-order valence-electron chi connectivity index (χ1n) is 4.15. The van der Waals surface area contributed by atoms with Crippen molar-refractivity contribution in [2.45, 2.75) is 26.2 Å². The van der Waals surface area contributed by atoms with Crippen LogP contribution in [0.25, 0.3) is 0 Å². The molecule has 0 saturated carbocycles. The lowest BCUT2D eigenvalue weighted by atomic mass is 10.1. The van der Waals surface area contributed by atoms with Gasteiger partial charge in [-0.25, -0.2) is 9.37 Å². The molecule has 0 saturated heterocycles. The minimum Gasteiger partial charge on any atom is -0.221 e. The largest absolute Gasteiger partial charge is 0.221 e. The minimum absolute atomic E-state index is 0.162. The van der Waals surface area contributed by atoms with Gasteiger partial charge in [0.25, 0.3) is 0 Å². The van der Waals surface area contributed by atoms with E-state index in [1.165, 1.54) is 6.07 Å². The van der Waals surface area contributed by atoms with Crippen molar-refractivity contribution in [3.8, 4) is 0 Å². The van der Waals surface area contributed by atoms with Gasteiger partial charge < -0.3 is 0 Å². The average molecular weight is 222 g/mol. The first kappa shape index (κ1) is 10.7. The van der Waals surface area contributed by atoms with E-state index in [1.807, 2.05) is 0 Å². The zero-order chi connectivity index (χ0) is 9.84. The molecule has 13 heavy (non-hydrogen) atoms. The second kappa shape index (κ2) is 4.77. The number of aromatic nitrogens is 1. The second-order valence-corrected chi connectivity index (χ2v) is 3.53. The van der Waals surface area contributed by atoms with Crippen molar-refractivity contribution in [1.29, 1.82) is 0 Å². The molecule has 0 fully saturated rings. The highest BCUT2D eigenvalue weighted by atomic mass is 35.5. The number of halogens is 3. The van der Waals surface area contributed by atoms with Crippen LogP contribution in [0.5, 0.6) is 0 Å². The molecule has 0 radical (unpaired) electrons. The van der Waals surface area contributed by atoms with Gasteiger partial charge in [0, 0.05) is 0 Å². The summed E-state index contributed by atoms with van der Waals surface area (Å²) in [6.45, 7) is 2.06. The van der Waals surface area contributed by atoms with Crippen LogP contribution in [-0.4, -0.2) is 4.98 Å². The maximum atomic E-state index is 12.9. The number of hydrogen-bond acceptors (Lipinski definition) is 1. The summed E-state index contributed by atoms with van der Waals surface area (Å²) in [5.74, 6) is -0.503. The second-order valence-electron chi connectivity index (χ2n) is 2.81. The smallest absolute Gasteiger partial charge is 0.166 e. The van der Waals surface area contributed by atoms with Gasteiger partial charge in [-0.3, -0.25) is 0 Å². The lowest BCUT2D eigenvalue weighted by molar-refractivity contribution is 0.617. The monoisotopic (exact) mass is 221 g/mol. The topological polar surface area (TPSA) is 12.9 Å². The van der Waals surface area contributed by atoms with Gasteiger partial charge in [-0.1, -0.05) is 36.5 Å². The Morgan fingerprint density at radius 1 is 1.38 bits per heavy atom. The highest BCUT2D eigenvalue weighted by Gasteiger charge is 2.07. The van der Waals surface area contributed by atoms with Crippen molar-refractivity contribution in [3.63, 3.8) is 0 Å². The van der Waals surface area contributed by atoms with Crippen LogP contribution >= 0.6 is 23.2 Å². The van der Waals surface area contributed by atoms with Crippen molar-refractivity contribution in [3.05, 3.63) is 27.8 Å². The molecule has 0 unspecified atom stereocenters. The first-order valence-corrected chi connectivity index (χ1v) is 4.91. The van der Waals surface area contributed by atoms with Crippen LogP contribution in [0.1, 0.15) is 25.3 Å². The first-order chi connectivity index (χ1) is 6.15. The Labute approximate surface area is 86.9 Å². The molecule has 0 aliphatic heterocycles. The molecule has 0 aliphatic carbocycles. The zero-order valence-corrected chi connectivity index (χ0v) is 8.79. The lowest BCUT2D eigenvalue weighted by Gasteiger charge is -2.03. The highest BCUT2D eigenvalue weighted by molar-refractivity contribution is 6.32. The Morgan fingerprint density at radius 3 is 2.69 bits per heavy atom. The maximum Gasteiger partial charge on any atom is 0.166 e. The summed E-state index contributed by atoms with van der Waals surface area (Å²) in [5, 5.41) is 0.144. The van der Waals surface area contributed by atoms with Crippen molar-refractivity contribution < 1.29 is 4.39 Å². The van der Waals surface area contributed by atoms with E-state index in [0.717, 1.165) is 24.8 Å². The summed E-state index contributed by atoms with van der Waals surface area (Å²) in [6.07, 6.45) is 2.76. The van der Waals surface area contributed by atoms with Gasteiger partial charge in [-0.2, -0.15) is 0 Å². The maximum absolute atomic E-state index is 12.9. The third-order valence-corrected chi connectivity index (χ3v) is 2.35. The number of nitrogens with zero attached hydrogens (tertiary/aromatic N) is 1. The fraction of sp³-hybridized carbons (Fsp3) is 0.444. The predicted octanol–water partition coefficient (Wildman–Crippen LogP) is 3.87. The zero-order valence-electron chi connectivity index (χ0n) is 7.28. The van der Waals surface area contributed by atoms with E-state index in [-0.39, 0.29) is 5.15 Å². The van der Waals surface area contributed by atoms with Gasteiger partial charge in [0.05, 0.1) is 0 Å². The molecule has 0 spiro atoms. The quantitative estimate of drug-likeness (QED) is 0.707. The van der Waals surface area contributed by atoms with Gasteiger partial charge in [-0.15, -0.1) is 0 Å². The van der Waals surface area contributed by atoms with Gasteiger partial charge in [-0.05, 0) is 24.5 Å². The molecule has 0 bridgehead atoms. The molecule has 0 N–H and O–H groups in total. The molecule has 0 amide bonds.